The van der Waals surface area contributed by atoms with Crippen LogP contribution in [0.2, 0.25) is 0 Å². The summed E-state index contributed by atoms with van der Waals surface area (Å²) >= 11 is 0. The average molecular weight is 288 g/mol. The third-order valence-corrected chi connectivity index (χ3v) is 3.86. The van der Waals surface area contributed by atoms with Gasteiger partial charge >= 0.3 is 0 Å². The van der Waals surface area contributed by atoms with Crippen molar-refractivity contribution in [2.24, 2.45) is 7.05 Å². The van der Waals surface area contributed by atoms with Crippen molar-refractivity contribution in [3.63, 3.8) is 0 Å². The second kappa shape index (κ2) is 5.69. The molecule has 7 heteroatoms. The molecular weight excluding hydrogens is 268 g/mol. The lowest BCUT2D eigenvalue weighted by Gasteiger charge is -2.35. The summed E-state index contributed by atoms with van der Waals surface area (Å²) in [5.41, 5.74) is 0.637. The van der Waals surface area contributed by atoms with Crippen molar-refractivity contribution in [2.45, 2.75) is 19.5 Å². The Morgan fingerprint density at radius 2 is 2.38 bits per heavy atom. The van der Waals surface area contributed by atoms with Crippen LogP contribution in [0.25, 0.3) is 0 Å². The van der Waals surface area contributed by atoms with Gasteiger partial charge in [0, 0.05) is 51.8 Å². The van der Waals surface area contributed by atoms with E-state index in [1.54, 1.807) is 23.3 Å². The molecule has 112 valence electrons. The summed E-state index contributed by atoms with van der Waals surface area (Å²) in [4.78, 5) is 19.0. The number of aryl methyl sites for hydroxylation is 2. The van der Waals surface area contributed by atoms with E-state index in [1.165, 1.54) is 0 Å². The maximum absolute atomic E-state index is 12.8. The molecule has 2 aromatic rings. The molecule has 3 rings (SSSR count). The lowest BCUT2D eigenvalue weighted by Crippen LogP contribution is -2.49. The summed E-state index contributed by atoms with van der Waals surface area (Å²) in [6, 6.07) is -0.0452. The molecule has 1 aliphatic rings. The van der Waals surface area contributed by atoms with Gasteiger partial charge in [-0.15, -0.1) is 0 Å². The van der Waals surface area contributed by atoms with Crippen molar-refractivity contribution < 1.29 is 4.79 Å². The van der Waals surface area contributed by atoms with Crippen LogP contribution in [0.15, 0.2) is 24.8 Å². The van der Waals surface area contributed by atoms with E-state index in [0.717, 1.165) is 25.5 Å². The number of nitrogens with zero attached hydrogens (tertiary/aromatic N) is 5. The van der Waals surface area contributed by atoms with Crippen molar-refractivity contribution in [3.8, 4) is 0 Å². The van der Waals surface area contributed by atoms with E-state index in [1.807, 2.05) is 29.6 Å². The van der Waals surface area contributed by atoms with Crippen LogP contribution in [0, 0.1) is 0 Å². The Balaban J connectivity index is 1.87. The Morgan fingerprint density at radius 1 is 1.52 bits per heavy atom. The van der Waals surface area contributed by atoms with E-state index in [9.17, 15) is 4.79 Å². The second-order valence-corrected chi connectivity index (χ2v) is 5.20. The zero-order valence-electron chi connectivity index (χ0n) is 12.4. The maximum atomic E-state index is 12.8. The van der Waals surface area contributed by atoms with E-state index in [-0.39, 0.29) is 11.9 Å². The lowest BCUT2D eigenvalue weighted by atomic mass is 10.1. The van der Waals surface area contributed by atoms with Crippen molar-refractivity contribution in [2.75, 3.05) is 19.6 Å². The van der Waals surface area contributed by atoms with E-state index in [0.29, 0.717) is 12.1 Å². The van der Waals surface area contributed by atoms with Crippen LogP contribution in [0.3, 0.4) is 0 Å². The first-order chi connectivity index (χ1) is 10.2. The van der Waals surface area contributed by atoms with E-state index < -0.39 is 0 Å². The fourth-order valence-electron chi connectivity index (χ4n) is 2.69. The van der Waals surface area contributed by atoms with Crippen molar-refractivity contribution in [1.29, 1.82) is 0 Å². The molecule has 2 aromatic heterocycles. The highest BCUT2D eigenvalue weighted by atomic mass is 16.2. The Labute approximate surface area is 123 Å². The predicted molar refractivity (Wildman–Crippen MR) is 77.8 cm³/mol. The summed E-state index contributed by atoms with van der Waals surface area (Å²) in [5.74, 6) is 0.919. The van der Waals surface area contributed by atoms with Gasteiger partial charge in [-0.3, -0.25) is 9.48 Å². The molecule has 0 bridgehead atoms. The number of carbonyl (C=O) groups is 1. The minimum Gasteiger partial charge on any atom is -0.336 e. The van der Waals surface area contributed by atoms with Gasteiger partial charge < -0.3 is 14.8 Å². The minimum atomic E-state index is -0.0452. The Kier molecular flexibility index (Phi) is 3.74. The lowest BCUT2D eigenvalue weighted by molar-refractivity contribution is 0.0621. The van der Waals surface area contributed by atoms with E-state index >= 15 is 0 Å². The van der Waals surface area contributed by atoms with Crippen LogP contribution in [0.5, 0.6) is 0 Å². The number of amides is 1. The molecule has 7 nitrogen and oxygen atoms in total. The van der Waals surface area contributed by atoms with Gasteiger partial charge in [0.2, 0.25) is 0 Å². The van der Waals surface area contributed by atoms with E-state index in [4.69, 9.17) is 0 Å². The highest BCUT2D eigenvalue weighted by Gasteiger charge is 2.31. The smallest absolute Gasteiger partial charge is 0.257 e. The van der Waals surface area contributed by atoms with Gasteiger partial charge in [0.05, 0.1) is 11.8 Å². The molecule has 0 saturated carbocycles. The van der Waals surface area contributed by atoms with Gasteiger partial charge in [0.25, 0.3) is 5.91 Å². The molecule has 0 radical (unpaired) electrons. The molecule has 1 saturated heterocycles. The van der Waals surface area contributed by atoms with Gasteiger partial charge in [-0.05, 0) is 6.92 Å². The van der Waals surface area contributed by atoms with Crippen LogP contribution < -0.4 is 5.32 Å². The molecule has 1 aliphatic heterocycles. The average Bonchev–Trinajstić information content (AvgIpc) is 3.15. The van der Waals surface area contributed by atoms with Crippen molar-refractivity contribution in [3.05, 3.63) is 36.2 Å². The number of rotatable bonds is 3. The Morgan fingerprint density at radius 3 is 3.05 bits per heavy atom. The molecule has 1 unspecified atom stereocenters. The molecule has 0 aliphatic carbocycles. The molecule has 3 heterocycles. The monoisotopic (exact) mass is 288 g/mol. The van der Waals surface area contributed by atoms with Gasteiger partial charge in [-0.2, -0.15) is 5.10 Å². The Hall–Kier alpha value is -2.15. The third kappa shape index (κ3) is 2.56. The first-order valence-corrected chi connectivity index (χ1v) is 7.22. The predicted octanol–water partition coefficient (Wildman–Crippen LogP) is 0.423. The first kappa shape index (κ1) is 13.8. The van der Waals surface area contributed by atoms with Crippen LogP contribution >= 0.6 is 0 Å². The van der Waals surface area contributed by atoms with Gasteiger partial charge in [0.15, 0.2) is 0 Å². The molecule has 1 atom stereocenters. The summed E-state index contributed by atoms with van der Waals surface area (Å²) < 4.78 is 3.73. The number of aromatic nitrogens is 4. The van der Waals surface area contributed by atoms with Gasteiger partial charge in [-0.1, -0.05) is 0 Å². The number of imidazole rings is 1. The summed E-state index contributed by atoms with van der Waals surface area (Å²) in [6.45, 7) is 4.96. The second-order valence-electron chi connectivity index (χ2n) is 5.20. The number of hydrogen-bond acceptors (Lipinski definition) is 4. The summed E-state index contributed by atoms with van der Waals surface area (Å²) in [5, 5.41) is 7.52. The number of nitrogens with one attached hydrogen (secondary N) is 1. The highest BCUT2D eigenvalue weighted by molar-refractivity contribution is 5.94. The fourth-order valence-corrected chi connectivity index (χ4v) is 2.69. The van der Waals surface area contributed by atoms with Crippen molar-refractivity contribution in [1.82, 2.24) is 29.5 Å². The first-order valence-electron chi connectivity index (χ1n) is 7.22. The number of piperazine rings is 1. The quantitative estimate of drug-likeness (QED) is 0.889. The molecular formula is C14H20N6O. The number of carbonyl (C=O) groups excluding carboxylic acids is 1. The Bertz CT molecular complexity index is 631. The van der Waals surface area contributed by atoms with Gasteiger partial charge in [-0.25, -0.2) is 4.98 Å². The van der Waals surface area contributed by atoms with Crippen molar-refractivity contribution >= 4 is 5.91 Å². The largest absolute Gasteiger partial charge is 0.336 e. The topological polar surface area (TPSA) is 68.0 Å². The van der Waals surface area contributed by atoms with Crippen LogP contribution in [-0.2, 0) is 13.6 Å². The molecule has 0 aromatic carbocycles. The third-order valence-electron chi connectivity index (χ3n) is 3.86. The maximum Gasteiger partial charge on any atom is 0.257 e. The standard InChI is InChI=1S/C14H20N6O/c1-3-19-10-11(8-17-19)14(21)20-7-4-15-9-12(20)13-16-5-6-18(13)2/h5-6,8,10,12,15H,3-4,7,9H2,1-2H3. The van der Waals surface area contributed by atoms with E-state index in [2.05, 4.69) is 15.4 Å². The summed E-state index contributed by atoms with van der Waals surface area (Å²) in [6.07, 6.45) is 7.12. The highest BCUT2D eigenvalue weighted by Crippen LogP contribution is 2.22. The molecule has 1 N–H and O–H groups in total. The molecule has 0 spiro atoms. The fraction of sp³-hybridized carbons (Fsp3) is 0.500. The number of hydrogen-bond donors (Lipinski definition) is 1. The molecule has 1 fully saturated rings. The van der Waals surface area contributed by atoms with Crippen LogP contribution in [0.4, 0.5) is 0 Å². The summed E-state index contributed by atoms with van der Waals surface area (Å²) in [7, 11) is 1.95. The minimum absolute atomic E-state index is 0.0178. The zero-order chi connectivity index (χ0) is 14.8. The normalized spacial score (nSPS) is 19.0. The molecule has 21 heavy (non-hydrogen) atoms. The van der Waals surface area contributed by atoms with Crippen LogP contribution in [-0.4, -0.2) is 49.8 Å². The molecule has 1 amide bonds. The van der Waals surface area contributed by atoms with Crippen LogP contribution in [0.1, 0.15) is 29.1 Å². The zero-order valence-corrected chi connectivity index (χ0v) is 12.4. The SMILES string of the molecule is CCn1cc(C(=O)N2CCNCC2c2nccn2C)cn1. The van der Waals surface area contributed by atoms with Gasteiger partial charge in [0.1, 0.15) is 11.9 Å².